The first-order valence-electron chi connectivity index (χ1n) is 12.8. The van der Waals surface area contributed by atoms with Gasteiger partial charge in [0.15, 0.2) is 0 Å². The number of aliphatic hydroxyl groups is 6. The molecule has 0 aromatic heterocycles. The Morgan fingerprint density at radius 3 is 1.00 bits per heavy atom. The Bertz CT molecular complexity index is 332. The van der Waals surface area contributed by atoms with E-state index in [1.165, 1.54) is 44.9 Å². The molecule has 34 heavy (non-hydrogen) atoms. The molecule has 10 heteroatoms. The van der Waals surface area contributed by atoms with E-state index in [1.54, 1.807) is 9.80 Å². The van der Waals surface area contributed by atoms with Crippen molar-refractivity contribution < 1.29 is 40.5 Å². The van der Waals surface area contributed by atoms with Gasteiger partial charge in [-0.25, -0.2) is 0 Å². The zero-order valence-electron chi connectivity index (χ0n) is 21.5. The van der Waals surface area contributed by atoms with Crippen molar-refractivity contribution in [3.63, 3.8) is 0 Å². The molecule has 0 saturated heterocycles. The maximum atomic E-state index is 10.2. The molecule has 0 aromatic carbocycles. The summed E-state index contributed by atoms with van der Waals surface area (Å²) < 4.78 is 0. The lowest BCUT2D eigenvalue weighted by Gasteiger charge is -2.17. The van der Waals surface area contributed by atoms with E-state index < -0.39 is 5.97 Å². The van der Waals surface area contributed by atoms with E-state index in [0.29, 0.717) is 45.7 Å². The summed E-state index contributed by atoms with van der Waals surface area (Å²) in [6.07, 6.45) is 11.5. The van der Waals surface area contributed by atoms with Crippen LogP contribution in [0.1, 0.15) is 71.1 Å². The summed E-state index contributed by atoms with van der Waals surface area (Å²) in [6, 6.07) is 0. The van der Waals surface area contributed by atoms with Crippen LogP contribution in [0.15, 0.2) is 0 Å². The molecule has 0 saturated carbocycles. The third kappa shape index (κ3) is 35.7. The molecule has 0 amide bonds. The van der Waals surface area contributed by atoms with Crippen molar-refractivity contribution in [1.82, 2.24) is 9.80 Å². The fourth-order valence-electron chi connectivity index (χ4n) is 3.11. The number of aliphatic hydroxyl groups excluding tert-OH is 6. The summed E-state index contributed by atoms with van der Waals surface area (Å²) in [7, 11) is 0. The zero-order valence-corrected chi connectivity index (χ0v) is 21.5. The van der Waals surface area contributed by atoms with Crippen molar-refractivity contribution in [3.05, 3.63) is 0 Å². The normalized spacial score (nSPS) is 10.6. The number of aliphatic carboxylic acids is 1. The highest BCUT2D eigenvalue weighted by molar-refractivity contribution is 5.66. The van der Waals surface area contributed by atoms with Gasteiger partial charge in [0, 0.05) is 45.7 Å². The lowest BCUT2D eigenvalue weighted by molar-refractivity contribution is -0.137. The monoisotopic (exact) mass is 498 g/mol. The summed E-state index contributed by atoms with van der Waals surface area (Å²) in [5.41, 5.74) is 0. The Labute approximate surface area is 206 Å². The van der Waals surface area contributed by atoms with Crippen LogP contribution in [0.2, 0.25) is 0 Å². The minimum Gasteiger partial charge on any atom is -0.481 e. The van der Waals surface area contributed by atoms with E-state index in [1.807, 2.05) is 0 Å². The van der Waals surface area contributed by atoms with Crippen molar-refractivity contribution in [2.45, 2.75) is 71.1 Å². The molecule has 0 aliphatic heterocycles. The van der Waals surface area contributed by atoms with Crippen LogP contribution in [0.5, 0.6) is 0 Å². The number of carbonyl (C=O) groups is 1. The molecule has 0 heterocycles. The lowest BCUT2D eigenvalue weighted by Crippen LogP contribution is -2.32. The Morgan fingerprint density at radius 2 is 0.765 bits per heavy atom. The van der Waals surface area contributed by atoms with E-state index >= 15 is 0 Å². The summed E-state index contributed by atoms with van der Waals surface area (Å²) in [6.45, 7) is 5.73. The molecule has 0 unspecified atom stereocenters. The SMILES string of the molecule is CCCCCCCCCCCC(=O)O.OCCN(CCO)CCO.OCCN(CCO)CCO. The van der Waals surface area contributed by atoms with Crippen LogP contribution in [0, 0.1) is 0 Å². The summed E-state index contributed by atoms with van der Waals surface area (Å²) in [5.74, 6) is -0.659. The van der Waals surface area contributed by atoms with E-state index in [9.17, 15) is 4.79 Å². The Balaban J connectivity index is -0.000000434. The number of carboxylic acids is 1. The van der Waals surface area contributed by atoms with Gasteiger partial charge in [0.2, 0.25) is 0 Å². The lowest BCUT2D eigenvalue weighted by atomic mass is 10.1. The first kappa shape index (κ1) is 37.7. The molecule has 0 bridgehead atoms. The van der Waals surface area contributed by atoms with Crippen molar-refractivity contribution >= 4 is 5.97 Å². The number of unbranched alkanes of at least 4 members (excludes halogenated alkanes) is 8. The number of hydrogen-bond donors (Lipinski definition) is 7. The second-order valence-electron chi connectivity index (χ2n) is 8.00. The van der Waals surface area contributed by atoms with Gasteiger partial charge in [0.25, 0.3) is 0 Å². The van der Waals surface area contributed by atoms with Gasteiger partial charge in [0.1, 0.15) is 0 Å². The number of hydrogen-bond acceptors (Lipinski definition) is 9. The van der Waals surface area contributed by atoms with Crippen LogP contribution in [0.3, 0.4) is 0 Å². The smallest absolute Gasteiger partial charge is 0.303 e. The predicted octanol–water partition coefficient (Wildman–Crippen LogP) is 0.523. The average molecular weight is 499 g/mol. The Morgan fingerprint density at radius 1 is 0.500 bits per heavy atom. The number of carboxylic acid groups (broad SMARTS) is 1. The Hall–Kier alpha value is -0.850. The van der Waals surface area contributed by atoms with Crippen LogP contribution >= 0.6 is 0 Å². The fraction of sp³-hybridized carbons (Fsp3) is 0.958. The van der Waals surface area contributed by atoms with Gasteiger partial charge in [-0.05, 0) is 6.42 Å². The summed E-state index contributed by atoms with van der Waals surface area (Å²) in [4.78, 5) is 13.8. The van der Waals surface area contributed by atoms with Gasteiger partial charge in [-0.15, -0.1) is 0 Å². The largest absolute Gasteiger partial charge is 0.481 e. The maximum absolute atomic E-state index is 10.2. The molecule has 0 aliphatic carbocycles. The van der Waals surface area contributed by atoms with Gasteiger partial charge >= 0.3 is 5.97 Å². The topological polar surface area (TPSA) is 165 Å². The van der Waals surface area contributed by atoms with Crippen LogP contribution < -0.4 is 0 Å². The van der Waals surface area contributed by atoms with E-state index in [0.717, 1.165) is 12.8 Å². The molecule has 10 nitrogen and oxygen atoms in total. The fourth-order valence-corrected chi connectivity index (χ4v) is 3.11. The van der Waals surface area contributed by atoms with E-state index in [-0.39, 0.29) is 39.6 Å². The molecule has 208 valence electrons. The van der Waals surface area contributed by atoms with Gasteiger partial charge in [-0.2, -0.15) is 0 Å². The van der Waals surface area contributed by atoms with Crippen LogP contribution in [-0.2, 0) is 4.79 Å². The third-order valence-corrected chi connectivity index (χ3v) is 4.99. The first-order chi connectivity index (χ1) is 16.5. The van der Waals surface area contributed by atoms with Gasteiger partial charge in [-0.3, -0.25) is 14.6 Å². The highest BCUT2D eigenvalue weighted by Crippen LogP contribution is 2.10. The van der Waals surface area contributed by atoms with Crippen LogP contribution in [0.25, 0.3) is 0 Å². The van der Waals surface area contributed by atoms with E-state index in [2.05, 4.69) is 6.92 Å². The molecule has 0 fully saturated rings. The van der Waals surface area contributed by atoms with Crippen LogP contribution in [-0.4, -0.2) is 130 Å². The van der Waals surface area contributed by atoms with E-state index in [4.69, 9.17) is 35.7 Å². The molecule has 0 atom stereocenters. The highest BCUT2D eigenvalue weighted by atomic mass is 16.4. The molecule has 0 rings (SSSR count). The molecular formula is C24H54N2O8. The Kier molecular flexibility index (Phi) is 38.0. The standard InChI is InChI=1S/C12H24O2.2C6H15NO3/c1-2-3-4-5-6-7-8-9-10-11-12(13)14;2*8-4-1-7(2-5-9)3-6-10/h2-11H2,1H3,(H,13,14);2*8-10H,1-6H2. The second kappa shape index (κ2) is 34.3. The molecule has 0 aromatic rings. The van der Waals surface area contributed by atoms with Crippen molar-refractivity contribution in [2.24, 2.45) is 0 Å². The van der Waals surface area contributed by atoms with Crippen molar-refractivity contribution in [3.8, 4) is 0 Å². The minimum atomic E-state index is -0.659. The maximum Gasteiger partial charge on any atom is 0.303 e. The highest BCUT2D eigenvalue weighted by Gasteiger charge is 2.01. The molecule has 7 N–H and O–H groups in total. The summed E-state index contributed by atoms with van der Waals surface area (Å²) >= 11 is 0. The van der Waals surface area contributed by atoms with Crippen LogP contribution in [0.4, 0.5) is 0 Å². The molecular weight excluding hydrogens is 444 g/mol. The summed E-state index contributed by atoms with van der Waals surface area (Å²) in [5, 5.41) is 59.3. The van der Waals surface area contributed by atoms with Crippen molar-refractivity contribution in [1.29, 1.82) is 0 Å². The van der Waals surface area contributed by atoms with Crippen molar-refractivity contribution in [2.75, 3.05) is 78.9 Å². The van der Waals surface area contributed by atoms with Gasteiger partial charge in [-0.1, -0.05) is 58.3 Å². The number of rotatable bonds is 22. The molecule has 0 aliphatic rings. The van der Waals surface area contributed by atoms with Gasteiger partial charge in [0.05, 0.1) is 39.6 Å². The predicted molar refractivity (Wildman–Crippen MR) is 135 cm³/mol. The van der Waals surface area contributed by atoms with Gasteiger partial charge < -0.3 is 35.7 Å². The number of nitrogens with zero attached hydrogens (tertiary/aromatic N) is 2. The second-order valence-corrected chi connectivity index (χ2v) is 8.00. The quantitative estimate of drug-likeness (QED) is 0.105. The third-order valence-electron chi connectivity index (χ3n) is 4.99. The molecule has 0 radical (unpaired) electrons. The first-order valence-corrected chi connectivity index (χ1v) is 12.8. The minimum absolute atomic E-state index is 0.0694. The zero-order chi connectivity index (χ0) is 26.3. The average Bonchev–Trinajstić information content (AvgIpc) is 2.80. The molecule has 0 spiro atoms.